The van der Waals surface area contributed by atoms with E-state index < -0.39 is 0 Å². The molecule has 17 heavy (non-hydrogen) atoms. The molecule has 0 spiro atoms. The van der Waals surface area contributed by atoms with E-state index in [1.54, 1.807) is 11.3 Å². The summed E-state index contributed by atoms with van der Waals surface area (Å²) in [6.45, 7) is 3.70. The summed E-state index contributed by atoms with van der Waals surface area (Å²) in [5.74, 6) is 0. The maximum absolute atomic E-state index is 5.66. The lowest BCUT2D eigenvalue weighted by Crippen LogP contribution is -2.22. The Morgan fingerprint density at radius 3 is 3.00 bits per heavy atom. The second kappa shape index (κ2) is 6.15. The number of hydrogen-bond donors (Lipinski definition) is 1. The molecule has 0 saturated carbocycles. The van der Waals surface area contributed by atoms with E-state index in [4.69, 9.17) is 4.74 Å². The van der Waals surface area contributed by atoms with Crippen LogP contribution in [0.3, 0.4) is 0 Å². The van der Waals surface area contributed by atoms with Crippen molar-refractivity contribution in [2.75, 3.05) is 20.3 Å². The first kappa shape index (κ1) is 12.6. The zero-order chi connectivity index (χ0) is 12.1. The number of ether oxygens (including phenoxy) is 1. The van der Waals surface area contributed by atoms with Gasteiger partial charge in [-0.25, -0.2) is 0 Å². The first-order valence-electron chi connectivity index (χ1n) is 6.08. The highest BCUT2D eigenvalue weighted by Gasteiger charge is 2.13. The molecule has 2 nitrogen and oxygen atoms in total. The third kappa shape index (κ3) is 2.86. The highest BCUT2D eigenvalue weighted by Crippen LogP contribution is 2.29. The largest absolute Gasteiger partial charge is 0.379 e. The summed E-state index contributed by atoms with van der Waals surface area (Å²) in [7, 11) is 1.99. The maximum Gasteiger partial charge on any atom is 0.0661 e. The van der Waals surface area contributed by atoms with E-state index in [1.807, 2.05) is 7.05 Å². The average molecular weight is 249 g/mol. The predicted octanol–water partition coefficient (Wildman–Crippen LogP) is 3.59. The van der Waals surface area contributed by atoms with E-state index in [0.717, 1.165) is 19.6 Å². The second-order valence-corrected chi connectivity index (χ2v) is 5.02. The van der Waals surface area contributed by atoms with Crippen molar-refractivity contribution in [3.8, 4) is 0 Å². The summed E-state index contributed by atoms with van der Waals surface area (Å²) in [6.07, 6.45) is 1.07. The summed E-state index contributed by atoms with van der Waals surface area (Å²) in [4.78, 5) is 0. The molecular formula is C14H19NOS. The quantitative estimate of drug-likeness (QED) is 0.790. The van der Waals surface area contributed by atoms with Gasteiger partial charge in [-0.2, -0.15) is 0 Å². The van der Waals surface area contributed by atoms with Gasteiger partial charge in [0.25, 0.3) is 0 Å². The zero-order valence-electron chi connectivity index (χ0n) is 10.4. The lowest BCUT2D eigenvalue weighted by atomic mass is 10.1. The van der Waals surface area contributed by atoms with Crippen molar-refractivity contribution in [3.63, 3.8) is 0 Å². The zero-order valence-corrected chi connectivity index (χ0v) is 11.2. The van der Waals surface area contributed by atoms with E-state index in [2.05, 4.69) is 41.9 Å². The highest BCUT2D eigenvalue weighted by atomic mass is 32.1. The molecule has 0 aliphatic carbocycles. The molecule has 1 N–H and O–H groups in total. The van der Waals surface area contributed by atoms with Crippen molar-refractivity contribution in [2.24, 2.45) is 0 Å². The van der Waals surface area contributed by atoms with Crippen LogP contribution in [0.2, 0.25) is 0 Å². The van der Waals surface area contributed by atoms with Gasteiger partial charge in [0.05, 0.1) is 12.6 Å². The fraction of sp³-hybridized carbons (Fsp3) is 0.429. The molecule has 1 aromatic carbocycles. The molecule has 2 rings (SSSR count). The summed E-state index contributed by atoms with van der Waals surface area (Å²) in [6, 6.07) is 8.92. The van der Waals surface area contributed by atoms with Crippen LogP contribution >= 0.6 is 11.3 Å². The van der Waals surface area contributed by atoms with E-state index >= 15 is 0 Å². The Morgan fingerprint density at radius 1 is 1.35 bits per heavy atom. The van der Waals surface area contributed by atoms with E-state index in [1.165, 1.54) is 15.6 Å². The Balaban J connectivity index is 2.20. The normalized spacial score (nSPS) is 13.1. The molecule has 0 radical (unpaired) electrons. The van der Waals surface area contributed by atoms with Crippen LogP contribution in [0.15, 0.2) is 29.6 Å². The first-order valence-corrected chi connectivity index (χ1v) is 6.96. The van der Waals surface area contributed by atoms with Gasteiger partial charge in [-0.3, -0.25) is 0 Å². The average Bonchev–Trinajstić information content (AvgIpc) is 2.83. The van der Waals surface area contributed by atoms with Gasteiger partial charge >= 0.3 is 0 Å². The maximum atomic E-state index is 5.66. The molecule has 0 saturated heterocycles. The van der Waals surface area contributed by atoms with Crippen LogP contribution in [-0.4, -0.2) is 20.3 Å². The minimum Gasteiger partial charge on any atom is -0.379 e. The third-order valence-electron chi connectivity index (χ3n) is 2.87. The van der Waals surface area contributed by atoms with Crippen LogP contribution in [-0.2, 0) is 4.74 Å². The Kier molecular flexibility index (Phi) is 4.54. The molecular weight excluding hydrogens is 230 g/mol. The molecule has 3 heteroatoms. The van der Waals surface area contributed by atoms with Gasteiger partial charge in [0.2, 0.25) is 0 Å². The first-order chi connectivity index (χ1) is 8.36. The predicted molar refractivity (Wildman–Crippen MR) is 74.7 cm³/mol. The van der Waals surface area contributed by atoms with E-state index in [9.17, 15) is 0 Å². The van der Waals surface area contributed by atoms with Gasteiger partial charge in [-0.15, -0.1) is 11.3 Å². The standard InChI is InChI=1S/C14H19NOS/c1-3-8-16-10-13(15-2)12-6-4-5-11-7-9-17-14(11)12/h4-7,9,13,15H,3,8,10H2,1-2H3. The lowest BCUT2D eigenvalue weighted by Gasteiger charge is -2.17. The van der Waals surface area contributed by atoms with Crippen LogP contribution in [0.4, 0.5) is 0 Å². The Morgan fingerprint density at radius 2 is 2.24 bits per heavy atom. The molecule has 0 aliphatic rings. The number of likely N-dealkylation sites (N-methyl/N-ethyl adjacent to an activating group) is 1. The van der Waals surface area contributed by atoms with E-state index in [-0.39, 0.29) is 6.04 Å². The van der Waals surface area contributed by atoms with Crippen molar-refractivity contribution in [1.29, 1.82) is 0 Å². The number of rotatable bonds is 6. The second-order valence-electron chi connectivity index (χ2n) is 4.10. The smallest absolute Gasteiger partial charge is 0.0661 e. The van der Waals surface area contributed by atoms with Gasteiger partial charge in [0, 0.05) is 11.3 Å². The minimum atomic E-state index is 0.281. The third-order valence-corrected chi connectivity index (χ3v) is 3.85. The SMILES string of the molecule is CCCOCC(NC)c1cccc2ccsc12. The van der Waals surface area contributed by atoms with Crippen molar-refractivity contribution in [1.82, 2.24) is 5.32 Å². The molecule has 1 heterocycles. The fourth-order valence-electron chi connectivity index (χ4n) is 1.96. The van der Waals surface area contributed by atoms with Gasteiger partial charge in [-0.1, -0.05) is 25.1 Å². The number of nitrogens with one attached hydrogen (secondary N) is 1. The van der Waals surface area contributed by atoms with Gasteiger partial charge in [0.1, 0.15) is 0 Å². The van der Waals surface area contributed by atoms with Crippen LogP contribution < -0.4 is 5.32 Å². The van der Waals surface area contributed by atoms with Gasteiger partial charge in [-0.05, 0) is 35.9 Å². The monoisotopic (exact) mass is 249 g/mol. The fourth-order valence-corrected chi connectivity index (χ4v) is 2.93. The number of benzene rings is 1. The molecule has 1 unspecified atom stereocenters. The summed E-state index contributed by atoms with van der Waals surface area (Å²) < 4.78 is 7.03. The Labute approximate surface area is 107 Å². The highest BCUT2D eigenvalue weighted by molar-refractivity contribution is 7.17. The van der Waals surface area contributed by atoms with E-state index in [0.29, 0.717) is 0 Å². The number of thiophene rings is 1. The summed E-state index contributed by atoms with van der Waals surface area (Å²) >= 11 is 1.80. The van der Waals surface area contributed by atoms with Gasteiger partial charge < -0.3 is 10.1 Å². The van der Waals surface area contributed by atoms with Crippen LogP contribution in [0.1, 0.15) is 24.9 Å². The molecule has 92 valence electrons. The molecule has 0 fully saturated rings. The van der Waals surface area contributed by atoms with Crippen LogP contribution in [0, 0.1) is 0 Å². The van der Waals surface area contributed by atoms with Crippen molar-refractivity contribution < 1.29 is 4.74 Å². The van der Waals surface area contributed by atoms with Crippen molar-refractivity contribution >= 4 is 21.4 Å². The van der Waals surface area contributed by atoms with Gasteiger partial charge in [0.15, 0.2) is 0 Å². The molecule has 2 aromatic rings. The topological polar surface area (TPSA) is 21.3 Å². The molecule has 0 bridgehead atoms. The summed E-state index contributed by atoms with van der Waals surface area (Å²) in [5, 5.41) is 6.81. The number of fused-ring (bicyclic) bond motifs is 1. The molecule has 0 amide bonds. The summed E-state index contributed by atoms with van der Waals surface area (Å²) in [5.41, 5.74) is 1.34. The Bertz CT molecular complexity index is 466. The molecule has 1 atom stereocenters. The Hall–Kier alpha value is -0.900. The molecule has 1 aromatic heterocycles. The van der Waals surface area contributed by atoms with Crippen LogP contribution in [0.25, 0.3) is 10.1 Å². The van der Waals surface area contributed by atoms with Crippen LogP contribution in [0.5, 0.6) is 0 Å². The van der Waals surface area contributed by atoms with Crippen molar-refractivity contribution in [2.45, 2.75) is 19.4 Å². The minimum absolute atomic E-state index is 0.281. The molecule has 0 aliphatic heterocycles. The number of hydrogen-bond acceptors (Lipinski definition) is 3. The lowest BCUT2D eigenvalue weighted by molar-refractivity contribution is 0.114. The van der Waals surface area contributed by atoms with Crippen molar-refractivity contribution in [3.05, 3.63) is 35.2 Å².